The second-order valence-electron chi connectivity index (χ2n) is 11.2. The largest absolute Gasteiger partial charge is 0.352 e. The minimum absolute atomic E-state index is 0.0429. The average molecular weight is 561 g/mol. The highest BCUT2D eigenvalue weighted by Crippen LogP contribution is 2.28. The Morgan fingerprint density at radius 2 is 0.738 bits per heavy atom. The number of hydrogen-bond donors (Lipinski definition) is 4. The predicted molar refractivity (Wildman–Crippen MR) is 167 cm³/mol. The van der Waals surface area contributed by atoms with E-state index in [1.165, 1.54) is 11.1 Å². The van der Waals surface area contributed by atoms with Crippen molar-refractivity contribution in [3.05, 3.63) is 144 Å². The molecule has 2 fully saturated rings. The van der Waals surface area contributed by atoms with Crippen molar-refractivity contribution in [1.29, 1.82) is 0 Å². The van der Waals surface area contributed by atoms with Crippen LogP contribution in [0.5, 0.6) is 0 Å². The van der Waals surface area contributed by atoms with Gasteiger partial charge in [0.05, 0.1) is 12.1 Å². The highest BCUT2D eigenvalue weighted by molar-refractivity contribution is 5.78. The summed E-state index contributed by atoms with van der Waals surface area (Å²) in [6.45, 7) is 4.10. The lowest BCUT2D eigenvalue weighted by Crippen LogP contribution is -2.38. The van der Waals surface area contributed by atoms with E-state index in [0.717, 1.165) is 11.1 Å². The van der Waals surface area contributed by atoms with E-state index in [1.54, 1.807) is 0 Å². The summed E-state index contributed by atoms with van der Waals surface area (Å²) in [5.74, 6) is 0.199. The van der Waals surface area contributed by atoms with Crippen LogP contribution in [0.2, 0.25) is 0 Å². The molecule has 0 bridgehead atoms. The zero-order valence-corrected chi connectivity index (χ0v) is 24.2. The van der Waals surface area contributed by atoms with Crippen molar-refractivity contribution >= 4 is 11.8 Å². The van der Waals surface area contributed by atoms with E-state index in [1.807, 2.05) is 72.8 Å². The van der Waals surface area contributed by atoms with E-state index >= 15 is 0 Å². The van der Waals surface area contributed by atoms with Crippen LogP contribution in [0.3, 0.4) is 0 Å². The van der Waals surface area contributed by atoms with Crippen LogP contribution in [-0.4, -0.2) is 23.9 Å². The molecule has 0 aliphatic carbocycles. The Hall–Kier alpha value is -4.26. The Morgan fingerprint density at radius 3 is 1.05 bits per heavy atom. The molecule has 4 N–H and O–H groups in total. The van der Waals surface area contributed by atoms with Gasteiger partial charge in [0.1, 0.15) is 0 Å². The number of carbonyl (C=O) groups excluding carboxylic acids is 2. The predicted octanol–water partition coefficient (Wildman–Crippen LogP) is 5.93. The van der Waals surface area contributed by atoms with Crippen LogP contribution in [0.1, 0.15) is 73.1 Å². The summed E-state index contributed by atoms with van der Waals surface area (Å²) in [6, 6.07) is 41.4. The number of carbonyl (C=O) groups is 2. The number of hydrogen-bond acceptors (Lipinski definition) is 4. The molecule has 2 amide bonds. The lowest BCUT2D eigenvalue weighted by Gasteiger charge is -2.26. The molecular weight excluding hydrogens is 520 g/mol. The van der Waals surface area contributed by atoms with Crippen LogP contribution in [0, 0.1) is 0 Å². The van der Waals surface area contributed by atoms with Crippen LogP contribution < -0.4 is 21.3 Å². The molecule has 0 radical (unpaired) electrons. The summed E-state index contributed by atoms with van der Waals surface area (Å²) in [5.41, 5.74) is 4.71. The van der Waals surface area contributed by atoms with Gasteiger partial charge in [0.2, 0.25) is 11.8 Å². The first-order chi connectivity index (χ1) is 20.5. The molecule has 2 saturated heterocycles. The van der Waals surface area contributed by atoms with Gasteiger partial charge in [-0.05, 0) is 36.1 Å². The first-order valence-electron chi connectivity index (χ1n) is 14.8. The fourth-order valence-corrected chi connectivity index (χ4v) is 5.89. The van der Waals surface area contributed by atoms with Crippen LogP contribution in [0.4, 0.5) is 0 Å². The molecule has 0 aromatic heterocycles. The summed E-state index contributed by atoms with van der Waals surface area (Å²) in [7, 11) is 0. The van der Waals surface area contributed by atoms with E-state index in [4.69, 9.17) is 0 Å². The maximum absolute atomic E-state index is 12.1. The fraction of sp³-hybridized carbons (Fsp3) is 0.278. The highest BCUT2D eigenvalue weighted by Gasteiger charge is 2.31. The monoisotopic (exact) mass is 560 g/mol. The maximum atomic E-state index is 12.1. The molecule has 6 atom stereocenters. The summed E-state index contributed by atoms with van der Waals surface area (Å²) in [6.07, 6.45) is 0.940. The number of rotatable bonds is 4. The van der Waals surface area contributed by atoms with Crippen molar-refractivity contribution in [3.63, 3.8) is 0 Å². The molecule has 4 aromatic carbocycles. The third kappa shape index (κ3) is 7.52. The molecule has 6 rings (SSSR count). The summed E-state index contributed by atoms with van der Waals surface area (Å²) in [4.78, 5) is 24.2. The van der Waals surface area contributed by atoms with E-state index in [0.29, 0.717) is 12.8 Å². The first kappa shape index (κ1) is 29.2. The molecular formula is C36H40N4O2. The molecule has 6 nitrogen and oxygen atoms in total. The third-order valence-electron chi connectivity index (χ3n) is 8.04. The van der Waals surface area contributed by atoms with Gasteiger partial charge in [0.15, 0.2) is 0 Å². The van der Waals surface area contributed by atoms with Gasteiger partial charge in [-0.25, -0.2) is 0 Å². The molecule has 4 aromatic rings. The van der Waals surface area contributed by atoms with Gasteiger partial charge in [-0.2, -0.15) is 0 Å². The van der Waals surface area contributed by atoms with Crippen molar-refractivity contribution in [2.24, 2.45) is 0 Å². The first-order valence-corrected chi connectivity index (χ1v) is 14.8. The van der Waals surface area contributed by atoms with Crippen molar-refractivity contribution in [3.8, 4) is 0 Å². The van der Waals surface area contributed by atoms with Crippen molar-refractivity contribution in [2.45, 2.75) is 62.9 Å². The zero-order valence-electron chi connectivity index (χ0n) is 24.2. The molecule has 0 spiro atoms. The molecule has 2 aliphatic rings. The second-order valence-corrected chi connectivity index (χ2v) is 11.2. The quantitative estimate of drug-likeness (QED) is 0.249. The zero-order chi connectivity index (χ0) is 29.3. The minimum atomic E-state index is 0.0429. The third-order valence-corrected chi connectivity index (χ3v) is 8.04. The van der Waals surface area contributed by atoms with Gasteiger partial charge >= 0.3 is 0 Å². The Kier molecular flexibility index (Phi) is 9.80. The number of amides is 2. The normalized spacial score (nSPS) is 26.0. The Bertz CT molecular complexity index is 1310. The fourth-order valence-electron chi connectivity index (χ4n) is 5.89. The topological polar surface area (TPSA) is 82.3 Å². The van der Waals surface area contributed by atoms with Crippen LogP contribution in [0.25, 0.3) is 0 Å². The molecule has 2 aliphatic heterocycles. The Labute approximate surface area is 248 Å². The lowest BCUT2D eigenvalue weighted by molar-refractivity contribution is -0.122. The summed E-state index contributed by atoms with van der Waals surface area (Å²) < 4.78 is 0. The van der Waals surface area contributed by atoms with Gasteiger partial charge in [-0.3, -0.25) is 9.59 Å². The standard InChI is InChI=1S/2C18H20N2O/c2*1-13-18(15-10-6-3-7-11-15)20-16(12-17(21)19-13)14-8-4-2-5-9-14/h2*2-11,13,16,18,20H,12H2,1H3,(H,19,21)/t2*13-,16-,18+/m10/s1. The molecule has 216 valence electrons. The SMILES string of the molecule is C[C@@H]1NC(=O)C[C@@H](c2ccccc2)N[C@H]1c1ccccc1.C[C@H]1NC(=O)C[C@H](c2ccccc2)N[C@@H]1c1ccccc1. The molecule has 0 unspecified atom stereocenters. The maximum Gasteiger partial charge on any atom is 0.222 e. The highest BCUT2D eigenvalue weighted by atomic mass is 16.2. The smallest absolute Gasteiger partial charge is 0.222 e. The lowest BCUT2D eigenvalue weighted by atomic mass is 9.98. The van der Waals surface area contributed by atoms with Crippen molar-refractivity contribution in [2.75, 3.05) is 0 Å². The second kappa shape index (κ2) is 14.1. The molecule has 0 saturated carbocycles. The van der Waals surface area contributed by atoms with Crippen LogP contribution in [-0.2, 0) is 9.59 Å². The van der Waals surface area contributed by atoms with E-state index in [-0.39, 0.29) is 48.1 Å². The van der Waals surface area contributed by atoms with E-state index in [9.17, 15) is 9.59 Å². The number of nitrogens with one attached hydrogen (secondary N) is 4. The van der Waals surface area contributed by atoms with Gasteiger partial charge in [0, 0.05) is 37.0 Å². The number of benzene rings is 4. The van der Waals surface area contributed by atoms with Gasteiger partial charge in [0.25, 0.3) is 0 Å². The van der Waals surface area contributed by atoms with Gasteiger partial charge in [-0.1, -0.05) is 121 Å². The van der Waals surface area contributed by atoms with Crippen LogP contribution in [0.15, 0.2) is 121 Å². The molecule has 2 heterocycles. The summed E-state index contributed by atoms with van der Waals surface area (Å²) in [5, 5.41) is 13.5. The van der Waals surface area contributed by atoms with E-state index in [2.05, 4.69) is 83.6 Å². The van der Waals surface area contributed by atoms with Gasteiger partial charge < -0.3 is 21.3 Å². The molecule has 42 heavy (non-hydrogen) atoms. The van der Waals surface area contributed by atoms with Crippen LogP contribution >= 0.6 is 0 Å². The Morgan fingerprint density at radius 1 is 0.452 bits per heavy atom. The summed E-state index contributed by atoms with van der Waals surface area (Å²) >= 11 is 0. The van der Waals surface area contributed by atoms with E-state index < -0.39 is 0 Å². The van der Waals surface area contributed by atoms with Crippen molar-refractivity contribution in [1.82, 2.24) is 21.3 Å². The van der Waals surface area contributed by atoms with Gasteiger partial charge in [-0.15, -0.1) is 0 Å². The molecule has 6 heteroatoms. The average Bonchev–Trinajstić information content (AvgIpc) is 3.28. The minimum Gasteiger partial charge on any atom is -0.352 e. The van der Waals surface area contributed by atoms with Crippen molar-refractivity contribution < 1.29 is 9.59 Å². The Balaban J connectivity index is 0.000000168.